The maximum absolute atomic E-state index is 5.90. The van der Waals surface area contributed by atoms with Crippen LogP contribution in [-0.2, 0) is 0 Å². The van der Waals surface area contributed by atoms with E-state index >= 15 is 0 Å². The lowest BCUT2D eigenvalue weighted by atomic mass is 10.1. The van der Waals surface area contributed by atoms with E-state index in [9.17, 15) is 0 Å². The first-order chi connectivity index (χ1) is 12.0. The lowest BCUT2D eigenvalue weighted by molar-refractivity contribution is 0.240. The van der Waals surface area contributed by atoms with Crippen LogP contribution in [0.2, 0.25) is 0 Å². The Morgan fingerprint density at radius 2 is 1.76 bits per heavy atom. The molecule has 0 saturated heterocycles. The number of rotatable bonds is 5. The maximum atomic E-state index is 5.90. The average molecular weight is 335 g/mol. The van der Waals surface area contributed by atoms with E-state index in [-0.39, 0.29) is 6.10 Å². The van der Waals surface area contributed by atoms with Crippen LogP contribution in [0.25, 0.3) is 11.1 Å². The molecule has 0 spiro atoms. The van der Waals surface area contributed by atoms with Gasteiger partial charge in [0.05, 0.1) is 11.8 Å². The van der Waals surface area contributed by atoms with Gasteiger partial charge in [-0.2, -0.15) is 0 Å². The second kappa shape index (κ2) is 7.25. The smallest absolute Gasteiger partial charge is 0.141 e. The van der Waals surface area contributed by atoms with Crippen molar-refractivity contribution in [1.82, 2.24) is 19.9 Å². The van der Waals surface area contributed by atoms with Crippen LogP contribution in [0.1, 0.15) is 25.4 Å². The molecule has 25 heavy (non-hydrogen) atoms. The Labute approximate surface area is 147 Å². The first-order valence-corrected chi connectivity index (χ1v) is 8.18. The van der Waals surface area contributed by atoms with Crippen molar-refractivity contribution in [2.24, 2.45) is 0 Å². The number of aromatic nitrogens is 4. The Morgan fingerprint density at radius 3 is 2.44 bits per heavy atom. The van der Waals surface area contributed by atoms with E-state index in [2.05, 4.69) is 20.3 Å². The zero-order valence-electron chi connectivity index (χ0n) is 14.8. The molecule has 3 rings (SSSR count). The van der Waals surface area contributed by atoms with E-state index in [4.69, 9.17) is 9.72 Å². The van der Waals surface area contributed by atoms with Crippen molar-refractivity contribution < 1.29 is 4.74 Å². The molecule has 0 aliphatic heterocycles. The number of aryl methyl sites for hydroxylation is 2. The zero-order chi connectivity index (χ0) is 17.8. The van der Waals surface area contributed by atoms with Crippen LogP contribution in [0.4, 0.5) is 11.6 Å². The summed E-state index contributed by atoms with van der Waals surface area (Å²) in [4.78, 5) is 17.3. The van der Waals surface area contributed by atoms with Crippen molar-refractivity contribution in [3.63, 3.8) is 0 Å². The summed E-state index contributed by atoms with van der Waals surface area (Å²) in [6.07, 6.45) is 5.32. The molecule has 3 heterocycles. The molecule has 0 bridgehead atoms. The molecule has 6 heteroatoms. The number of ether oxygens (including phenoxy) is 1. The molecule has 3 aromatic rings. The van der Waals surface area contributed by atoms with E-state index in [1.165, 1.54) is 0 Å². The molecule has 0 amide bonds. The first kappa shape index (κ1) is 16.8. The molecule has 0 atom stereocenters. The van der Waals surface area contributed by atoms with Crippen molar-refractivity contribution >= 4 is 11.6 Å². The Morgan fingerprint density at radius 1 is 1.00 bits per heavy atom. The molecule has 3 aromatic heterocycles. The van der Waals surface area contributed by atoms with E-state index in [0.717, 1.165) is 28.4 Å². The van der Waals surface area contributed by atoms with Crippen molar-refractivity contribution in [2.75, 3.05) is 5.32 Å². The van der Waals surface area contributed by atoms with Gasteiger partial charge in [0.2, 0.25) is 0 Å². The van der Waals surface area contributed by atoms with E-state index in [1.54, 1.807) is 18.6 Å². The number of nitrogens with zero attached hydrogens (tertiary/aromatic N) is 4. The molecule has 0 fully saturated rings. The lowest BCUT2D eigenvalue weighted by Crippen LogP contribution is -2.09. The minimum absolute atomic E-state index is 0.0779. The van der Waals surface area contributed by atoms with Gasteiger partial charge in [0.1, 0.15) is 23.2 Å². The normalized spacial score (nSPS) is 10.8. The predicted octanol–water partition coefficient (Wildman–Crippen LogP) is 4.08. The summed E-state index contributed by atoms with van der Waals surface area (Å²) in [5.41, 5.74) is 2.75. The number of nitrogens with one attached hydrogen (secondary N) is 1. The molecular weight excluding hydrogens is 314 g/mol. The Kier molecular flexibility index (Phi) is 4.88. The predicted molar refractivity (Wildman–Crippen MR) is 98.0 cm³/mol. The van der Waals surface area contributed by atoms with Crippen molar-refractivity contribution in [3.8, 4) is 16.9 Å². The van der Waals surface area contributed by atoms with Gasteiger partial charge in [-0.1, -0.05) is 0 Å². The van der Waals surface area contributed by atoms with Gasteiger partial charge < -0.3 is 10.1 Å². The summed E-state index contributed by atoms with van der Waals surface area (Å²) in [6, 6.07) is 7.72. The van der Waals surface area contributed by atoms with Crippen LogP contribution in [-0.4, -0.2) is 26.0 Å². The fraction of sp³-hybridized carbons (Fsp3) is 0.263. The SMILES string of the molecule is Cc1nccc(Nc2nc(C)c(OC(C)C)cc2-c2ccncc2)n1. The molecule has 0 unspecified atom stereocenters. The highest BCUT2D eigenvalue weighted by atomic mass is 16.5. The molecule has 128 valence electrons. The van der Waals surface area contributed by atoms with Crippen LogP contribution in [0.3, 0.4) is 0 Å². The Balaban J connectivity index is 2.08. The van der Waals surface area contributed by atoms with Gasteiger partial charge in [0.25, 0.3) is 0 Å². The van der Waals surface area contributed by atoms with Crippen molar-refractivity contribution in [2.45, 2.75) is 33.8 Å². The zero-order valence-corrected chi connectivity index (χ0v) is 14.8. The molecule has 1 N–H and O–H groups in total. The van der Waals surface area contributed by atoms with E-state index < -0.39 is 0 Å². The van der Waals surface area contributed by atoms with Gasteiger partial charge in [0, 0.05) is 24.2 Å². The highest BCUT2D eigenvalue weighted by Gasteiger charge is 2.14. The summed E-state index contributed by atoms with van der Waals surface area (Å²) in [6.45, 7) is 7.79. The topological polar surface area (TPSA) is 72.8 Å². The molecule has 0 aliphatic carbocycles. The molecule has 0 radical (unpaired) electrons. The largest absolute Gasteiger partial charge is 0.489 e. The number of hydrogen-bond acceptors (Lipinski definition) is 6. The summed E-state index contributed by atoms with van der Waals surface area (Å²) >= 11 is 0. The number of pyridine rings is 2. The third kappa shape index (κ3) is 4.09. The van der Waals surface area contributed by atoms with Crippen molar-refractivity contribution in [3.05, 3.63) is 54.4 Å². The fourth-order valence-corrected chi connectivity index (χ4v) is 2.45. The fourth-order valence-electron chi connectivity index (χ4n) is 2.45. The van der Waals surface area contributed by atoms with Gasteiger partial charge in [-0.3, -0.25) is 4.98 Å². The van der Waals surface area contributed by atoms with Crippen LogP contribution in [0.5, 0.6) is 5.75 Å². The number of anilines is 2. The molecule has 0 aliphatic rings. The van der Waals surface area contributed by atoms with Crippen LogP contribution in [0, 0.1) is 13.8 Å². The summed E-state index contributed by atoms with van der Waals surface area (Å²) in [5, 5.41) is 3.30. The monoisotopic (exact) mass is 335 g/mol. The van der Waals surface area contributed by atoms with Crippen LogP contribution < -0.4 is 10.1 Å². The van der Waals surface area contributed by atoms with Gasteiger partial charge >= 0.3 is 0 Å². The minimum atomic E-state index is 0.0779. The summed E-state index contributed by atoms with van der Waals surface area (Å²) < 4.78 is 5.90. The maximum Gasteiger partial charge on any atom is 0.141 e. The Hall–Kier alpha value is -3.02. The molecule has 0 aromatic carbocycles. The highest BCUT2D eigenvalue weighted by Crippen LogP contribution is 2.33. The second-order valence-electron chi connectivity index (χ2n) is 5.98. The summed E-state index contributed by atoms with van der Waals surface area (Å²) in [5.74, 6) is 2.89. The van der Waals surface area contributed by atoms with Gasteiger partial charge in [-0.05, 0) is 57.5 Å². The Bertz CT molecular complexity index is 865. The van der Waals surface area contributed by atoms with E-state index in [0.29, 0.717) is 11.6 Å². The third-order valence-electron chi connectivity index (χ3n) is 3.54. The minimum Gasteiger partial charge on any atom is -0.489 e. The van der Waals surface area contributed by atoms with Gasteiger partial charge in [0.15, 0.2) is 0 Å². The lowest BCUT2D eigenvalue weighted by Gasteiger charge is -2.17. The molecule has 6 nitrogen and oxygen atoms in total. The van der Waals surface area contributed by atoms with Crippen LogP contribution >= 0.6 is 0 Å². The van der Waals surface area contributed by atoms with E-state index in [1.807, 2.05) is 52.0 Å². The quantitative estimate of drug-likeness (QED) is 0.757. The molecular formula is C19H21N5O. The molecule has 0 saturated carbocycles. The number of hydrogen-bond donors (Lipinski definition) is 1. The van der Waals surface area contributed by atoms with Gasteiger partial charge in [-0.25, -0.2) is 15.0 Å². The van der Waals surface area contributed by atoms with Crippen LogP contribution in [0.15, 0.2) is 42.9 Å². The third-order valence-corrected chi connectivity index (χ3v) is 3.54. The van der Waals surface area contributed by atoms with Crippen molar-refractivity contribution in [1.29, 1.82) is 0 Å². The standard InChI is InChI=1S/C19H21N5O/c1-12(2)25-17-11-16(15-5-8-20-9-6-15)19(22-13(17)3)24-18-7-10-21-14(4)23-18/h5-12H,1-4H3,(H,21,22,23,24). The average Bonchev–Trinajstić information content (AvgIpc) is 2.58. The van der Waals surface area contributed by atoms with Gasteiger partial charge in [-0.15, -0.1) is 0 Å². The first-order valence-electron chi connectivity index (χ1n) is 8.18. The summed E-state index contributed by atoms with van der Waals surface area (Å²) in [7, 11) is 0. The highest BCUT2D eigenvalue weighted by molar-refractivity contribution is 5.79. The second-order valence-corrected chi connectivity index (χ2v) is 5.98.